The Morgan fingerprint density at radius 2 is 1.30 bits per heavy atom. The molecule has 5 heteroatoms. The summed E-state index contributed by atoms with van der Waals surface area (Å²) < 4.78 is -1.70. The van der Waals surface area contributed by atoms with Crippen LogP contribution in [-0.2, 0) is 4.79 Å². The maximum atomic E-state index is 11.9. The smallest absolute Gasteiger partial charge is 0.270 e. The summed E-state index contributed by atoms with van der Waals surface area (Å²) in [6.07, 6.45) is 0. The minimum absolute atomic E-state index is 0.521. The predicted molar refractivity (Wildman–Crippen MR) is 83.2 cm³/mol. The largest absolute Gasteiger partial charge is 0.271 e. The molecule has 2 rings (SSSR count). The van der Waals surface area contributed by atoms with E-state index >= 15 is 0 Å². The van der Waals surface area contributed by atoms with Gasteiger partial charge in [0.15, 0.2) is 0 Å². The molecule has 2 nitrogen and oxygen atoms in total. The molecule has 2 aromatic carbocycles. The Morgan fingerprint density at radius 1 is 0.900 bits per heavy atom. The van der Waals surface area contributed by atoms with Crippen molar-refractivity contribution in [2.75, 3.05) is 0 Å². The molecule has 104 valence electrons. The van der Waals surface area contributed by atoms with Crippen molar-refractivity contribution in [1.29, 1.82) is 0 Å². The summed E-state index contributed by atoms with van der Waals surface area (Å²) in [6, 6.07) is 18.7. The van der Waals surface area contributed by atoms with E-state index < -0.39 is 16.2 Å². The zero-order valence-corrected chi connectivity index (χ0v) is 12.7. The average Bonchev–Trinajstić information content (AvgIpc) is 2.48. The average molecular weight is 329 g/mol. The van der Waals surface area contributed by atoms with E-state index in [9.17, 15) is 4.79 Å². The molecule has 1 N–H and O–H groups in total. The van der Waals surface area contributed by atoms with Crippen LogP contribution in [0.3, 0.4) is 0 Å². The van der Waals surface area contributed by atoms with Crippen molar-refractivity contribution in [3.63, 3.8) is 0 Å². The van der Waals surface area contributed by atoms with Crippen molar-refractivity contribution in [2.45, 2.75) is 10.3 Å². The van der Waals surface area contributed by atoms with E-state index in [4.69, 9.17) is 35.0 Å². The molecule has 0 unspecified atom stereocenters. The lowest BCUT2D eigenvalue weighted by Crippen LogP contribution is -2.39. The highest BCUT2D eigenvalue weighted by atomic mass is 35.5. The molecule has 0 heterocycles. The molecule has 2 aromatic rings. The van der Waals surface area contributed by atoms with Crippen LogP contribution < -0.4 is 4.84 Å². The van der Waals surface area contributed by atoms with Crippen LogP contribution in [0.15, 0.2) is 60.7 Å². The standard InChI is InChI=1S/C15H12Cl3NO/c16-15(17,14(20)19-18)13(11-7-3-1-4-8-11)12-9-5-2-6-10-12/h1-10,13H,(H,19,20). The van der Waals surface area contributed by atoms with Crippen LogP contribution in [0.5, 0.6) is 0 Å². The minimum Gasteiger partial charge on any atom is -0.270 e. The van der Waals surface area contributed by atoms with Gasteiger partial charge in [-0.25, -0.2) is 0 Å². The van der Waals surface area contributed by atoms with Gasteiger partial charge in [0, 0.05) is 11.8 Å². The number of benzene rings is 2. The van der Waals surface area contributed by atoms with Gasteiger partial charge < -0.3 is 0 Å². The Morgan fingerprint density at radius 3 is 1.65 bits per heavy atom. The van der Waals surface area contributed by atoms with Crippen molar-refractivity contribution >= 4 is 40.9 Å². The van der Waals surface area contributed by atoms with E-state index in [2.05, 4.69) is 0 Å². The molecular formula is C15H12Cl3NO. The monoisotopic (exact) mass is 327 g/mol. The molecule has 0 fully saturated rings. The van der Waals surface area contributed by atoms with Gasteiger partial charge in [-0.05, 0) is 11.1 Å². The number of hydrogen-bond acceptors (Lipinski definition) is 1. The SMILES string of the molecule is O=C(NCl)C(Cl)(Cl)C(c1ccccc1)c1ccccc1. The lowest BCUT2D eigenvalue weighted by atomic mass is 9.87. The summed E-state index contributed by atoms with van der Waals surface area (Å²) in [5.74, 6) is -1.17. The third-order valence-corrected chi connectivity index (χ3v) is 3.97. The van der Waals surface area contributed by atoms with Crippen LogP contribution in [0.25, 0.3) is 0 Å². The second-order valence-corrected chi connectivity index (χ2v) is 5.88. The Bertz CT molecular complexity index is 533. The van der Waals surface area contributed by atoms with E-state index in [1.165, 1.54) is 0 Å². The number of carbonyl (C=O) groups is 1. The van der Waals surface area contributed by atoms with E-state index in [0.717, 1.165) is 11.1 Å². The van der Waals surface area contributed by atoms with Crippen molar-refractivity contribution in [3.8, 4) is 0 Å². The normalized spacial score (nSPS) is 11.4. The Kier molecular flexibility index (Phi) is 4.92. The van der Waals surface area contributed by atoms with Gasteiger partial charge in [0.2, 0.25) is 4.33 Å². The van der Waals surface area contributed by atoms with Crippen LogP contribution in [-0.4, -0.2) is 10.2 Å². The first-order chi connectivity index (χ1) is 9.57. The van der Waals surface area contributed by atoms with Crippen LogP contribution in [0.4, 0.5) is 0 Å². The number of nitrogens with one attached hydrogen (secondary N) is 1. The molecule has 0 saturated heterocycles. The first-order valence-corrected chi connectivity index (χ1v) is 7.09. The molecule has 0 bridgehead atoms. The maximum Gasteiger partial charge on any atom is 0.271 e. The number of alkyl halides is 2. The van der Waals surface area contributed by atoms with Crippen LogP contribution in [0.2, 0.25) is 0 Å². The van der Waals surface area contributed by atoms with Gasteiger partial charge in [-0.2, -0.15) is 0 Å². The van der Waals surface area contributed by atoms with Gasteiger partial charge in [-0.15, -0.1) is 0 Å². The van der Waals surface area contributed by atoms with Crippen LogP contribution in [0, 0.1) is 0 Å². The predicted octanol–water partition coefficient (Wildman–Crippen LogP) is 4.26. The van der Waals surface area contributed by atoms with E-state index in [-0.39, 0.29) is 0 Å². The molecular weight excluding hydrogens is 317 g/mol. The number of halogens is 3. The minimum atomic E-state index is -1.70. The van der Waals surface area contributed by atoms with Crippen molar-refractivity contribution in [3.05, 3.63) is 71.8 Å². The molecule has 0 saturated carbocycles. The van der Waals surface area contributed by atoms with Gasteiger partial charge >= 0.3 is 0 Å². The first-order valence-electron chi connectivity index (χ1n) is 5.96. The molecule has 20 heavy (non-hydrogen) atoms. The number of carbonyl (C=O) groups excluding carboxylic acids is 1. The fraction of sp³-hybridized carbons (Fsp3) is 0.133. The fourth-order valence-corrected chi connectivity index (χ4v) is 2.94. The number of rotatable bonds is 4. The Balaban J connectivity index is 2.54. The van der Waals surface area contributed by atoms with Gasteiger partial charge in [0.05, 0.1) is 5.92 Å². The molecule has 0 aliphatic rings. The van der Waals surface area contributed by atoms with Crippen LogP contribution >= 0.6 is 35.0 Å². The third-order valence-electron chi connectivity index (χ3n) is 3.02. The summed E-state index contributed by atoms with van der Waals surface area (Å²) >= 11 is 18.0. The van der Waals surface area contributed by atoms with Gasteiger partial charge in [0.25, 0.3) is 5.91 Å². The zero-order chi connectivity index (χ0) is 14.6. The highest BCUT2D eigenvalue weighted by Gasteiger charge is 2.44. The molecule has 0 aromatic heterocycles. The van der Waals surface area contributed by atoms with E-state index in [1.54, 1.807) is 0 Å². The molecule has 0 aliphatic carbocycles. The third kappa shape index (κ3) is 3.09. The summed E-state index contributed by atoms with van der Waals surface area (Å²) in [5.41, 5.74) is 1.67. The van der Waals surface area contributed by atoms with Crippen LogP contribution in [0.1, 0.15) is 17.0 Å². The number of hydrogen-bond donors (Lipinski definition) is 1. The Hall–Kier alpha value is -1.22. The summed E-state index contributed by atoms with van der Waals surface area (Å²) in [7, 11) is 0. The van der Waals surface area contributed by atoms with Gasteiger partial charge in [-0.3, -0.25) is 9.63 Å². The topological polar surface area (TPSA) is 29.1 Å². The summed E-state index contributed by atoms with van der Waals surface area (Å²) in [5, 5.41) is 0. The quantitative estimate of drug-likeness (QED) is 0.659. The highest BCUT2D eigenvalue weighted by molar-refractivity contribution is 6.60. The van der Waals surface area contributed by atoms with Crippen molar-refractivity contribution < 1.29 is 4.79 Å². The van der Waals surface area contributed by atoms with E-state index in [0.29, 0.717) is 0 Å². The lowest BCUT2D eigenvalue weighted by molar-refractivity contribution is -0.120. The Labute approximate surface area is 132 Å². The highest BCUT2D eigenvalue weighted by Crippen LogP contribution is 2.42. The molecule has 0 aliphatic heterocycles. The van der Waals surface area contributed by atoms with E-state index in [1.807, 2.05) is 65.5 Å². The second kappa shape index (κ2) is 6.49. The summed E-state index contributed by atoms with van der Waals surface area (Å²) in [4.78, 5) is 13.9. The first kappa shape index (κ1) is 15.2. The fourth-order valence-electron chi connectivity index (χ4n) is 2.10. The summed E-state index contributed by atoms with van der Waals surface area (Å²) in [6.45, 7) is 0. The molecule has 0 radical (unpaired) electrons. The lowest BCUT2D eigenvalue weighted by Gasteiger charge is -2.28. The molecule has 0 atom stereocenters. The van der Waals surface area contributed by atoms with Crippen molar-refractivity contribution in [2.24, 2.45) is 0 Å². The second-order valence-electron chi connectivity index (χ2n) is 4.30. The number of amides is 1. The zero-order valence-electron chi connectivity index (χ0n) is 10.4. The maximum absolute atomic E-state index is 11.9. The van der Waals surface area contributed by atoms with Gasteiger partial charge in [0.1, 0.15) is 0 Å². The molecule has 0 spiro atoms. The van der Waals surface area contributed by atoms with Gasteiger partial charge in [-0.1, -0.05) is 83.9 Å². The van der Waals surface area contributed by atoms with Crippen molar-refractivity contribution in [1.82, 2.24) is 4.84 Å². The molecule has 1 amide bonds.